The van der Waals surface area contributed by atoms with Crippen LogP contribution < -0.4 is 10.1 Å². The summed E-state index contributed by atoms with van der Waals surface area (Å²) in [7, 11) is 1.63. The van der Waals surface area contributed by atoms with Gasteiger partial charge in [0.15, 0.2) is 0 Å². The van der Waals surface area contributed by atoms with Crippen LogP contribution in [0.15, 0.2) is 53.9 Å². The summed E-state index contributed by atoms with van der Waals surface area (Å²) in [4.78, 5) is 37.4. The fraction of sp³-hybridized carbons (Fsp3) is 0.321. The number of benzene rings is 1. The smallest absolute Gasteiger partial charge is 0.270 e. The van der Waals surface area contributed by atoms with Gasteiger partial charge >= 0.3 is 0 Å². The maximum absolute atomic E-state index is 13.2. The molecule has 5 rings (SSSR count). The molecule has 0 unspecified atom stereocenters. The third kappa shape index (κ3) is 5.14. The SMILES string of the molecule is COc1ccc2[nH]c(C(=O)N3CCC(c4nc(C)ccc4C(=O)NCCc4cccs4)CC3)cc2c1. The molecule has 4 aromatic rings. The number of nitrogens with zero attached hydrogens (tertiary/aromatic N) is 2. The minimum absolute atomic E-state index is 0.00707. The van der Waals surface area contributed by atoms with E-state index in [0.29, 0.717) is 30.9 Å². The molecule has 36 heavy (non-hydrogen) atoms. The van der Waals surface area contributed by atoms with Gasteiger partial charge in [0.25, 0.3) is 11.8 Å². The minimum atomic E-state index is -0.0823. The van der Waals surface area contributed by atoms with E-state index in [2.05, 4.69) is 16.4 Å². The first-order valence-electron chi connectivity index (χ1n) is 12.3. The quantitative estimate of drug-likeness (QED) is 0.375. The molecule has 0 radical (unpaired) electrons. The highest BCUT2D eigenvalue weighted by Gasteiger charge is 2.29. The second-order valence-electron chi connectivity index (χ2n) is 9.17. The molecule has 1 saturated heterocycles. The zero-order valence-corrected chi connectivity index (χ0v) is 21.4. The Balaban J connectivity index is 1.24. The normalized spacial score (nSPS) is 14.2. The minimum Gasteiger partial charge on any atom is -0.497 e. The number of amides is 2. The maximum Gasteiger partial charge on any atom is 0.270 e. The number of nitrogens with one attached hydrogen (secondary N) is 2. The number of hydrogen-bond donors (Lipinski definition) is 2. The molecule has 4 heterocycles. The van der Waals surface area contributed by atoms with Gasteiger partial charge < -0.3 is 19.9 Å². The Morgan fingerprint density at radius 1 is 1.17 bits per heavy atom. The Morgan fingerprint density at radius 2 is 2.00 bits per heavy atom. The van der Waals surface area contributed by atoms with E-state index in [1.807, 2.05) is 59.7 Å². The number of piperidine rings is 1. The van der Waals surface area contributed by atoms with Crippen molar-refractivity contribution >= 4 is 34.1 Å². The van der Waals surface area contributed by atoms with Crippen molar-refractivity contribution in [2.75, 3.05) is 26.7 Å². The number of H-pyrrole nitrogens is 1. The number of fused-ring (bicyclic) bond motifs is 1. The zero-order valence-electron chi connectivity index (χ0n) is 20.5. The molecule has 7 nitrogen and oxygen atoms in total. The van der Waals surface area contributed by atoms with Gasteiger partial charge in [-0.1, -0.05) is 6.07 Å². The first-order chi connectivity index (χ1) is 17.5. The molecule has 0 spiro atoms. The first kappa shape index (κ1) is 24.1. The van der Waals surface area contributed by atoms with Gasteiger partial charge in [0.1, 0.15) is 11.4 Å². The Kier molecular flexibility index (Phi) is 7.04. The highest BCUT2D eigenvalue weighted by atomic mass is 32.1. The summed E-state index contributed by atoms with van der Waals surface area (Å²) in [5.41, 5.74) is 3.87. The van der Waals surface area contributed by atoms with Crippen LogP contribution in [-0.4, -0.2) is 53.4 Å². The van der Waals surface area contributed by atoms with E-state index in [0.717, 1.165) is 47.3 Å². The second kappa shape index (κ2) is 10.5. The standard InChI is InChI=1S/C28H30N4O3S/c1-18-5-7-23(27(33)29-12-9-22-4-3-15-36-22)26(30-18)19-10-13-32(14-11-19)28(34)25-17-20-16-21(35-2)6-8-24(20)31-25/h3-8,15-17,19,31H,9-14H2,1-2H3,(H,29,33). The predicted octanol–water partition coefficient (Wildman–Crippen LogP) is 4.93. The van der Waals surface area contributed by atoms with E-state index in [-0.39, 0.29) is 17.7 Å². The number of aryl methyl sites for hydroxylation is 1. The average molecular weight is 503 g/mol. The summed E-state index contributed by atoms with van der Waals surface area (Å²) in [6.45, 7) is 3.79. The lowest BCUT2D eigenvalue weighted by molar-refractivity contribution is 0.0705. The molecule has 3 aromatic heterocycles. The van der Waals surface area contributed by atoms with Crippen LogP contribution in [0.4, 0.5) is 0 Å². The summed E-state index contributed by atoms with van der Waals surface area (Å²) < 4.78 is 5.29. The first-order valence-corrected chi connectivity index (χ1v) is 13.1. The van der Waals surface area contributed by atoms with Crippen molar-refractivity contribution in [3.05, 3.63) is 81.4 Å². The van der Waals surface area contributed by atoms with Crippen LogP contribution in [0.2, 0.25) is 0 Å². The van der Waals surface area contributed by atoms with Crippen molar-refractivity contribution in [2.24, 2.45) is 0 Å². The molecule has 1 aliphatic heterocycles. The number of aromatic amines is 1. The number of thiophene rings is 1. The maximum atomic E-state index is 13.2. The molecule has 0 bridgehead atoms. The number of hydrogen-bond acceptors (Lipinski definition) is 5. The van der Waals surface area contributed by atoms with Crippen molar-refractivity contribution < 1.29 is 14.3 Å². The van der Waals surface area contributed by atoms with Crippen LogP contribution >= 0.6 is 11.3 Å². The zero-order chi connectivity index (χ0) is 25.1. The number of likely N-dealkylation sites (tertiary alicyclic amines) is 1. The monoisotopic (exact) mass is 502 g/mol. The van der Waals surface area contributed by atoms with Crippen molar-refractivity contribution in [3.8, 4) is 5.75 Å². The van der Waals surface area contributed by atoms with Gasteiger partial charge in [-0.2, -0.15) is 0 Å². The van der Waals surface area contributed by atoms with Crippen molar-refractivity contribution in [2.45, 2.75) is 32.1 Å². The van der Waals surface area contributed by atoms with Crippen molar-refractivity contribution in [1.29, 1.82) is 0 Å². The Hall–Kier alpha value is -3.65. The van der Waals surface area contributed by atoms with E-state index in [1.165, 1.54) is 4.88 Å². The number of carbonyl (C=O) groups excluding carboxylic acids is 2. The summed E-state index contributed by atoms with van der Waals surface area (Å²) in [6, 6.07) is 15.5. The lowest BCUT2D eigenvalue weighted by Crippen LogP contribution is -2.38. The van der Waals surface area contributed by atoms with Gasteiger partial charge in [0.05, 0.1) is 18.4 Å². The molecule has 2 amide bonds. The van der Waals surface area contributed by atoms with E-state index in [9.17, 15) is 9.59 Å². The van der Waals surface area contributed by atoms with E-state index in [1.54, 1.807) is 18.4 Å². The van der Waals surface area contributed by atoms with Crippen LogP contribution in [-0.2, 0) is 6.42 Å². The van der Waals surface area contributed by atoms with Crippen molar-refractivity contribution in [3.63, 3.8) is 0 Å². The number of pyridine rings is 1. The number of aromatic nitrogens is 2. The molecule has 186 valence electrons. The lowest BCUT2D eigenvalue weighted by Gasteiger charge is -2.32. The van der Waals surface area contributed by atoms with Crippen LogP contribution in [0, 0.1) is 6.92 Å². The van der Waals surface area contributed by atoms with Gasteiger partial charge in [-0.3, -0.25) is 14.6 Å². The van der Waals surface area contributed by atoms with Gasteiger partial charge in [-0.25, -0.2) is 0 Å². The highest BCUT2D eigenvalue weighted by molar-refractivity contribution is 7.09. The Bertz CT molecular complexity index is 1370. The topological polar surface area (TPSA) is 87.3 Å². The fourth-order valence-electron chi connectivity index (χ4n) is 4.81. The third-order valence-electron chi connectivity index (χ3n) is 6.77. The van der Waals surface area contributed by atoms with Crippen LogP contribution in [0.1, 0.15) is 55.9 Å². The molecule has 1 fully saturated rings. The third-order valence-corrected chi connectivity index (χ3v) is 7.71. The lowest BCUT2D eigenvalue weighted by atomic mass is 9.89. The number of ether oxygens (including phenoxy) is 1. The van der Waals surface area contributed by atoms with E-state index >= 15 is 0 Å². The van der Waals surface area contributed by atoms with Crippen LogP contribution in [0.5, 0.6) is 5.75 Å². The average Bonchev–Trinajstić information content (AvgIpc) is 3.57. The largest absolute Gasteiger partial charge is 0.497 e. The van der Waals surface area contributed by atoms with Gasteiger partial charge in [-0.05, 0) is 74.0 Å². The summed E-state index contributed by atoms with van der Waals surface area (Å²) in [5, 5.41) is 6.05. The number of carbonyl (C=O) groups is 2. The van der Waals surface area contributed by atoms with Crippen LogP contribution in [0.25, 0.3) is 10.9 Å². The Morgan fingerprint density at radius 3 is 2.75 bits per heavy atom. The molecular formula is C28H30N4O3S. The molecule has 8 heteroatoms. The predicted molar refractivity (Wildman–Crippen MR) is 142 cm³/mol. The van der Waals surface area contributed by atoms with Crippen molar-refractivity contribution in [1.82, 2.24) is 20.2 Å². The molecular weight excluding hydrogens is 472 g/mol. The van der Waals surface area contributed by atoms with Gasteiger partial charge in [0, 0.05) is 47.0 Å². The van der Waals surface area contributed by atoms with Gasteiger partial charge in [0.2, 0.25) is 0 Å². The Labute approximate surface area is 214 Å². The molecule has 0 aliphatic carbocycles. The van der Waals surface area contributed by atoms with E-state index in [4.69, 9.17) is 9.72 Å². The molecule has 2 N–H and O–H groups in total. The number of rotatable bonds is 7. The summed E-state index contributed by atoms with van der Waals surface area (Å²) >= 11 is 1.70. The van der Waals surface area contributed by atoms with Gasteiger partial charge in [-0.15, -0.1) is 11.3 Å². The molecule has 1 aromatic carbocycles. The fourth-order valence-corrected chi connectivity index (χ4v) is 5.52. The highest BCUT2D eigenvalue weighted by Crippen LogP contribution is 2.31. The summed E-state index contributed by atoms with van der Waals surface area (Å²) in [6.07, 6.45) is 2.36. The number of methoxy groups -OCH3 is 1. The second-order valence-corrected chi connectivity index (χ2v) is 10.2. The molecule has 0 saturated carbocycles. The molecule has 0 atom stereocenters. The van der Waals surface area contributed by atoms with Crippen LogP contribution in [0.3, 0.4) is 0 Å². The van der Waals surface area contributed by atoms with E-state index < -0.39 is 0 Å². The molecule has 1 aliphatic rings. The summed E-state index contributed by atoms with van der Waals surface area (Å²) in [5.74, 6) is 0.811.